The van der Waals surface area contributed by atoms with Gasteiger partial charge in [-0.3, -0.25) is 0 Å². The van der Waals surface area contributed by atoms with Gasteiger partial charge in [0.1, 0.15) is 5.65 Å². The number of aryl methyl sites for hydroxylation is 1. The van der Waals surface area contributed by atoms with Crippen molar-refractivity contribution in [2.45, 2.75) is 13.1 Å². The molecule has 4 rings (SSSR count). The van der Waals surface area contributed by atoms with Gasteiger partial charge in [0.15, 0.2) is 0 Å². The number of benzene rings is 1. The van der Waals surface area contributed by atoms with Gasteiger partial charge in [-0.05, 0) is 36.2 Å². The number of pyridine rings is 1. The van der Waals surface area contributed by atoms with Crippen molar-refractivity contribution in [3.8, 4) is 16.8 Å². The van der Waals surface area contributed by atoms with Crippen molar-refractivity contribution in [2.24, 2.45) is 0 Å². The number of H-pyrrole nitrogens is 1. The number of alkyl halides is 3. The summed E-state index contributed by atoms with van der Waals surface area (Å²) < 4.78 is 33.7. The average molecular weight is 388 g/mol. The van der Waals surface area contributed by atoms with E-state index in [9.17, 15) is 13.2 Å². The number of carboxylic acids is 1. The molecular formula is C19H15F3N4O2. The Balaban J connectivity index is 0.000000279. The summed E-state index contributed by atoms with van der Waals surface area (Å²) in [5.74, 6) is -2.76. The second kappa shape index (κ2) is 7.55. The number of carboxylic acid groups (broad SMARTS) is 1. The minimum Gasteiger partial charge on any atom is -0.475 e. The van der Waals surface area contributed by atoms with E-state index < -0.39 is 12.1 Å². The van der Waals surface area contributed by atoms with Crippen molar-refractivity contribution in [3.63, 3.8) is 0 Å². The molecular weight excluding hydrogens is 373 g/mol. The number of aromatic nitrogens is 4. The van der Waals surface area contributed by atoms with Crippen LogP contribution in [0.1, 0.15) is 5.56 Å². The van der Waals surface area contributed by atoms with E-state index in [2.05, 4.69) is 40.3 Å². The highest BCUT2D eigenvalue weighted by molar-refractivity contribution is 5.92. The molecule has 4 aromatic rings. The SMILES string of the molecule is Cc1ccccc1-n1cc(-c2ccnc3[nH]ccc23)cn1.O=C(O)C(F)(F)F. The van der Waals surface area contributed by atoms with Crippen LogP contribution in [-0.2, 0) is 4.79 Å². The van der Waals surface area contributed by atoms with Crippen molar-refractivity contribution in [2.75, 3.05) is 0 Å². The monoisotopic (exact) mass is 388 g/mol. The van der Waals surface area contributed by atoms with Gasteiger partial charge in [0.25, 0.3) is 0 Å². The van der Waals surface area contributed by atoms with Crippen LogP contribution in [0.2, 0.25) is 0 Å². The van der Waals surface area contributed by atoms with E-state index in [-0.39, 0.29) is 0 Å². The highest BCUT2D eigenvalue weighted by Crippen LogP contribution is 2.27. The number of carbonyl (C=O) groups is 1. The topological polar surface area (TPSA) is 83.8 Å². The summed E-state index contributed by atoms with van der Waals surface area (Å²) in [5.41, 5.74) is 5.43. The molecule has 0 fully saturated rings. The molecule has 0 aliphatic carbocycles. The van der Waals surface area contributed by atoms with Gasteiger partial charge in [0, 0.05) is 29.5 Å². The van der Waals surface area contributed by atoms with Crippen molar-refractivity contribution in [3.05, 3.63) is 66.7 Å². The zero-order valence-corrected chi connectivity index (χ0v) is 14.6. The summed E-state index contributed by atoms with van der Waals surface area (Å²) in [6, 6.07) is 12.3. The molecule has 28 heavy (non-hydrogen) atoms. The summed E-state index contributed by atoms with van der Waals surface area (Å²) in [6.07, 6.45) is 2.60. The predicted octanol–water partition coefficient (Wildman–Crippen LogP) is 4.36. The Morgan fingerprint density at radius 1 is 1.18 bits per heavy atom. The van der Waals surface area contributed by atoms with Gasteiger partial charge in [-0.2, -0.15) is 18.3 Å². The van der Waals surface area contributed by atoms with Crippen LogP contribution in [0.4, 0.5) is 13.2 Å². The summed E-state index contributed by atoms with van der Waals surface area (Å²) >= 11 is 0. The van der Waals surface area contributed by atoms with Gasteiger partial charge in [0.2, 0.25) is 0 Å². The predicted molar refractivity (Wildman–Crippen MR) is 97.1 cm³/mol. The van der Waals surface area contributed by atoms with Crippen LogP contribution < -0.4 is 0 Å². The third-order valence-corrected chi connectivity index (χ3v) is 3.96. The largest absolute Gasteiger partial charge is 0.490 e. The number of aromatic amines is 1. The summed E-state index contributed by atoms with van der Waals surface area (Å²) in [6.45, 7) is 2.09. The highest BCUT2D eigenvalue weighted by atomic mass is 19.4. The Labute approximate surface area is 157 Å². The molecule has 3 heterocycles. The lowest BCUT2D eigenvalue weighted by Gasteiger charge is -2.04. The van der Waals surface area contributed by atoms with Gasteiger partial charge in [-0.15, -0.1) is 0 Å². The van der Waals surface area contributed by atoms with Crippen LogP contribution >= 0.6 is 0 Å². The van der Waals surface area contributed by atoms with Crippen LogP contribution in [0, 0.1) is 6.92 Å². The van der Waals surface area contributed by atoms with Gasteiger partial charge in [-0.25, -0.2) is 14.5 Å². The average Bonchev–Trinajstić information content (AvgIpc) is 3.31. The van der Waals surface area contributed by atoms with Crippen molar-refractivity contribution in [1.29, 1.82) is 0 Å². The molecule has 0 aliphatic heterocycles. The molecule has 0 bridgehead atoms. The van der Waals surface area contributed by atoms with E-state index in [4.69, 9.17) is 9.90 Å². The number of para-hydroxylation sites is 1. The molecule has 0 unspecified atom stereocenters. The molecule has 0 amide bonds. The molecule has 144 valence electrons. The molecule has 2 N–H and O–H groups in total. The number of aliphatic carboxylic acids is 1. The zero-order valence-electron chi connectivity index (χ0n) is 14.6. The number of rotatable bonds is 2. The molecule has 0 aliphatic rings. The normalized spacial score (nSPS) is 11.1. The summed E-state index contributed by atoms with van der Waals surface area (Å²) in [7, 11) is 0. The third kappa shape index (κ3) is 4.03. The number of nitrogens with one attached hydrogen (secondary N) is 1. The smallest absolute Gasteiger partial charge is 0.475 e. The lowest BCUT2D eigenvalue weighted by Crippen LogP contribution is -2.21. The number of halogens is 3. The van der Waals surface area contributed by atoms with Crippen LogP contribution in [-0.4, -0.2) is 37.0 Å². The standard InChI is InChI=1S/C17H14N4.C2HF3O2/c1-12-4-2-3-5-16(12)21-11-13(10-20-21)14-6-8-18-17-15(14)7-9-19-17;3-2(4,5)1(6)7/h2-11H,1H3,(H,18,19);(H,6,7). The van der Waals surface area contributed by atoms with Gasteiger partial charge in [-0.1, -0.05) is 18.2 Å². The summed E-state index contributed by atoms with van der Waals surface area (Å²) in [4.78, 5) is 16.4. The van der Waals surface area contributed by atoms with Crippen LogP contribution in [0.5, 0.6) is 0 Å². The second-order valence-electron chi connectivity index (χ2n) is 5.86. The van der Waals surface area contributed by atoms with E-state index in [1.807, 2.05) is 47.5 Å². The minimum absolute atomic E-state index is 0.899. The first-order valence-corrected chi connectivity index (χ1v) is 8.10. The minimum atomic E-state index is -5.08. The Hall–Kier alpha value is -3.62. The first-order chi connectivity index (χ1) is 13.3. The Bertz CT molecular complexity index is 1120. The molecule has 6 nitrogen and oxygen atoms in total. The second-order valence-corrected chi connectivity index (χ2v) is 5.86. The fourth-order valence-electron chi connectivity index (χ4n) is 2.63. The lowest BCUT2D eigenvalue weighted by molar-refractivity contribution is -0.192. The fourth-order valence-corrected chi connectivity index (χ4v) is 2.63. The molecule has 9 heteroatoms. The number of nitrogens with zero attached hydrogens (tertiary/aromatic N) is 3. The van der Waals surface area contributed by atoms with E-state index in [1.54, 1.807) is 0 Å². The first kappa shape index (κ1) is 19.2. The van der Waals surface area contributed by atoms with Crippen LogP contribution in [0.15, 0.2) is 61.2 Å². The molecule has 0 saturated heterocycles. The zero-order chi connectivity index (χ0) is 20.3. The van der Waals surface area contributed by atoms with E-state index in [1.165, 1.54) is 5.56 Å². The van der Waals surface area contributed by atoms with Gasteiger partial charge >= 0.3 is 12.1 Å². The molecule has 0 atom stereocenters. The van der Waals surface area contributed by atoms with E-state index >= 15 is 0 Å². The molecule has 3 aromatic heterocycles. The van der Waals surface area contributed by atoms with Crippen LogP contribution in [0.25, 0.3) is 27.8 Å². The lowest BCUT2D eigenvalue weighted by atomic mass is 10.1. The highest BCUT2D eigenvalue weighted by Gasteiger charge is 2.38. The fraction of sp³-hybridized carbons (Fsp3) is 0.105. The number of hydrogen-bond acceptors (Lipinski definition) is 3. The quantitative estimate of drug-likeness (QED) is 0.535. The van der Waals surface area contributed by atoms with Crippen molar-refractivity contribution < 1.29 is 23.1 Å². The van der Waals surface area contributed by atoms with Crippen LogP contribution in [0.3, 0.4) is 0 Å². The van der Waals surface area contributed by atoms with Gasteiger partial charge in [0.05, 0.1) is 11.9 Å². The molecule has 0 spiro atoms. The number of fused-ring (bicyclic) bond motifs is 1. The third-order valence-electron chi connectivity index (χ3n) is 3.96. The summed E-state index contributed by atoms with van der Waals surface area (Å²) in [5, 5.41) is 12.7. The van der Waals surface area contributed by atoms with Crippen molar-refractivity contribution >= 4 is 17.0 Å². The van der Waals surface area contributed by atoms with E-state index in [0.717, 1.165) is 27.8 Å². The molecule has 1 aromatic carbocycles. The first-order valence-electron chi connectivity index (χ1n) is 8.10. The van der Waals surface area contributed by atoms with E-state index in [0.29, 0.717) is 0 Å². The maximum Gasteiger partial charge on any atom is 0.490 e. The Morgan fingerprint density at radius 3 is 2.57 bits per heavy atom. The maximum atomic E-state index is 10.6. The van der Waals surface area contributed by atoms with Crippen molar-refractivity contribution in [1.82, 2.24) is 19.7 Å². The maximum absolute atomic E-state index is 10.6. The van der Waals surface area contributed by atoms with Gasteiger partial charge < -0.3 is 10.1 Å². The molecule has 0 radical (unpaired) electrons. The number of hydrogen-bond donors (Lipinski definition) is 2. The Kier molecular flexibility index (Phi) is 5.16. The Morgan fingerprint density at radius 2 is 1.89 bits per heavy atom. The molecule has 0 saturated carbocycles.